The highest BCUT2D eigenvalue weighted by atomic mass is 35.5. The number of hydrogen-bond donors (Lipinski definition) is 1. The van der Waals surface area contributed by atoms with Gasteiger partial charge in [-0.3, -0.25) is 9.69 Å². The molecule has 0 aromatic heterocycles. The summed E-state index contributed by atoms with van der Waals surface area (Å²) < 4.78 is 16.7. The third-order valence-corrected chi connectivity index (χ3v) is 5.43. The van der Waals surface area contributed by atoms with Crippen molar-refractivity contribution in [2.24, 2.45) is 0 Å². The Morgan fingerprint density at radius 3 is 2.30 bits per heavy atom. The zero-order valence-corrected chi connectivity index (χ0v) is 18.4. The molecule has 0 aliphatic carbocycles. The number of carbonyl (C=O) groups excluding carboxylic acids is 1. The zero-order valence-electron chi connectivity index (χ0n) is 17.7. The number of carbonyl (C=O) groups is 1. The van der Waals surface area contributed by atoms with E-state index in [1.165, 1.54) is 0 Å². The number of nitrogens with zero attached hydrogens (tertiary/aromatic N) is 1. The molecule has 6 nitrogen and oxygen atoms in total. The fourth-order valence-electron chi connectivity index (χ4n) is 3.42. The van der Waals surface area contributed by atoms with E-state index in [2.05, 4.69) is 10.2 Å². The molecular formula is C23H29ClN2O4. The van der Waals surface area contributed by atoms with Crippen molar-refractivity contribution in [3.05, 3.63) is 59.1 Å². The van der Waals surface area contributed by atoms with E-state index in [0.29, 0.717) is 30.5 Å². The number of rotatable bonds is 8. The molecule has 2 aromatic rings. The molecular weight excluding hydrogens is 404 g/mol. The van der Waals surface area contributed by atoms with Crippen LogP contribution in [-0.4, -0.2) is 56.4 Å². The van der Waals surface area contributed by atoms with Crippen molar-refractivity contribution in [1.82, 2.24) is 10.2 Å². The smallest absolute Gasteiger partial charge is 0.263 e. The van der Waals surface area contributed by atoms with Gasteiger partial charge in [-0.2, -0.15) is 0 Å². The van der Waals surface area contributed by atoms with E-state index in [0.717, 1.165) is 24.4 Å². The summed E-state index contributed by atoms with van der Waals surface area (Å²) in [6.07, 6.45) is 0. The molecule has 1 N–H and O–H groups in total. The predicted octanol–water partition coefficient (Wildman–Crippen LogP) is 3.70. The van der Waals surface area contributed by atoms with E-state index in [-0.39, 0.29) is 11.9 Å². The third-order valence-electron chi connectivity index (χ3n) is 5.18. The van der Waals surface area contributed by atoms with Crippen LogP contribution in [-0.2, 0) is 9.53 Å². The molecule has 1 saturated heterocycles. The van der Waals surface area contributed by atoms with Gasteiger partial charge in [-0.25, -0.2) is 0 Å². The predicted molar refractivity (Wildman–Crippen MR) is 117 cm³/mol. The van der Waals surface area contributed by atoms with Gasteiger partial charge in [0.2, 0.25) is 0 Å². The molecule has 1 atom stereocenters. The van der Waals surface area contributed by atoms with Crippen LogP contribution in [0.5, 0.6) is 11.5 Å². The molecule has 30 heavy (non-hydrogen) atoms. The molecule has 2 aromatic carbocycles. The van der Waals surface area contributed by atoms with E-state index in [9.17, 15) is 4.79 Å². The van der Waals surface area contributed by atoms with Gasteiger partial charge in [0.15, 0.2) is 5.60 Å². The van der Waals surface area contributed by atoms with Crippen LogP contribution in [0.25, 0.3) is 0 Å². The van der Waals surface area contributed by atoms with Crippen molar-refractivity contribution in [3.63, 3.8) is 0 Å². The van der Waals surface area contributed by atoms with Gasteiger partial charge in [0.25, 0.3) is 5.91 Å². The van der Waals surface area contributed by atoms with Crippen LogP contribution >= 0.6 is 11.6 Å². The first-order chi connectivity index (χ1) is 14.4. The quantitative estimate of drug-likeness (QED) is 0.689. The second-order valence-corrected chi connectivity index (χ2v) is 8.15. The first-order valence-electron chi connectivity index (χ1n) is 10.1. The molecule has 0 spiro atoms. The molecule has 7 heteroatoms. The van der Waals surface area contributed by atoms with Crippen LogP contribution in [0.4, 0.5) is 0 Å². The molecule has 1 fully saturated rings. The summed E-state index contributed by atoms with van der Waals surface area (Å²) in [5.41, 5.74) is 0.0953. The molecule has 0 radical (unpaired) electrons. The fraction of sp³-hybridized carbons (Fsp3) is 0.435. The minimum Gasteiger partial charge on any atom is -0.497 e. The normalized spacial score (nSPS) is 16.0. The Morgan fingerprint density at radius 2 is 1.70 bits per heavy atom. The number of amides is 1. The van der Waals surface area contributed by atoms with Crippen LogP contribution in [0, 0.1) is 0 Å². The van der Waals surface area contributed by atoms with Gasteiger partial charge in [-0.1, -0.05) is 23.7 Å². The number of halogens is 1. The second kappa shape index (κ2) is 10.2. The van der Waals surface area contributed by atoms with Crippen molar-refractivity contribution in [2.45, 2.75) is 25.5 Å². The molecule has 0 saturated carbocycles. The summed E-state index contributed by atoms with van der Waals surface area (Å²) >= 11 is 5.92. The Bertz CT molecular complexity index is 818. The Morgan fingerprint density at radius 1 is 1.10 bits per heavy atom. The average Bonchev–Trinajstić information content (AvgIpc) is 2.76. The van der Waals surface area contributed by atoms with Crippen molar-refractivity contribution in [2.75, 3.05) is 40.0 Å². The van der Waals surface area contributed by atoms with Crippen molar-refractivity contribution >= 4 is 17.5 Å². The summed E-state index contributed by atoms with van der Waals surface area (Å²) in [5, 5.41) is 3.70. The van der Waals surface area contributed by atoms with E-state index < -0.39 is 5.60 Å². The Balaban J connectivity index is 1.68. The summed E-state index contributed by atoms with van der Waals surface area (Å²) in [4.78, 5) is 15.3. The highest BCUT2D eigenvalue weighted by Gasteiger charge is 2.31. The minimum atomic E-state index is -1.02. The van der Waals surface area contributed by atoms with Gasteiger partial charge in [0, 0.05) is 24.7 Å². The second-order valence-electron chi connectivity index (χ2n) is 7.71. The van der Waals surface area contributed by atoms with Crippen LogP contribution in [0.1, 0.15) is 25.5 Å². The lowest BCUT2D eigenvalue weighted by molar-refractivity contribution is -0.134. The molecule has 162 valence electrons. The van der Waals surface area contributed by atoms with Gasteiger partial charge in [-0.15, -0.1) is 0 Å². The number of ether oxygens (including phenoxy) is 3. The van der Waals surface area contributed by atoms with Crippen molar-refractivity contribution in [3.8, 4) is 11.5 Å². The molecule has 1 heterocycles. The highest BCUT2D eigenvalue weighted by molar-refractivity contribution is 6.30. The maximum atomic E-state index is 12.9. The monoisotopic (exact) mass is 432 g/mol. The van der Waals surface area contributed by atoms with Crippen LogP contribution in [0.3, 0.4) is 0 Å². The molecule has 3 rings (SSSR count). The average molecular weight is 433 g/mol. The van der Waals surface area contributed by atoms with Crippen molar-refractivity contribution in [1.29, 1.82) is 0 Å². The van der Waals surface area contributed by atoms with E-state index in [1.807, 2.05) is 24.3 Å². The summed E-state index contributed by atoms with van der Waals surface area (Å²) in [5.74, 6) is 1.23. The maximum Gasteiger partial charge on any atom is 0.263 e. The van der Waals surface area contributed by atoms with Gasteiger partial charge in [0.1, 0.15) is 11.5 Å². The minimum absolute atomic E-state index is 0.0371. The lowest BCUT2D eigenvalue weighted by Crippen LogP contribution is -2.50. The van der Waals surface area contributed by atoms with E-state index >= 15 is 0 Å². The topological polar surface area (TPSA) is 60.0 Å². The SMILES string of the molecule is COc1ccc(C(CNC(=O)C(C)(C)Oc2ccc(Cl)cc2)N2CCOCC2)cc1. The number of methoxy groups -OCH3 is 1. The summed E-state index contributed by atoms with van der Waals surface area (Å²) in [6.45, 7) is 6.99. The lowest BCUT2D eigenvalue weighted by atomic mass is 10.0. The Labute approximate surface area is 183 Å². The van der Waals surface area contributed by atoms with Crippen LogP contribution in [0.2, 0.25) is 5.02 Å². The molecule has 1 unspecified atom stereocenters. The number of benzene rings is 2. The largest absolute Gasteiger partial charge is 0.497 e. The van der Waals surface area contributed by atoms with E-state index in [4.69, 9.17) is 25.8 Å². The van der Waals surface area contributed by atoms with Gasteiger partial charge < -0.3 is 19.5 Å². The highest BCUT2D eigenvalue weighted by Crippen LogP contribution is 2.25. The lowest BCUT2D eigenvalue weighted by Gasteiger charge is -2.35. The number of nitrogens with one attached hydrogen (secondary N) is 1. The summed E-state index contributed by atoms with van der Waals surface area (Å²) in [6, 6.07) is 15.0. The first kappa shape index (κ1) is 22.4. The zero-order chi connectivity index (χ0) is 21.6. The standard InChI is InChI=1S/C23H29ClN2O4/c1-23(2,30-20-10-6-18(24)7-11-20)22(27)25-16-21(26-12-14-29-15-13-26)17-4-8-19(28-3)9-5-17/h4-11,21H,12-16H2,1-3H3,(H,25,27). The van der Waals surface area contributed by atoms with Gasteiger partial charge in [-0.05, 0) is 55.8 Å². The maximum absolute atomic E-state index is 12.9. The number of hydrogen-bond acceptors (Lipinski definition) is 5. The van der Waals surface area contributed by atoms with Gasteiger partial charge >= 0.3 is 0 Å². The molecule has 1 aliphatic rings. The first-order valence-corrected chi connectivity index (χ1v) is 10.5. The molecule has 0 bridgehead atoms. The van der Waals surface area contributed by atoms with Crippen LogP contribution < -0.4 is 14.8 Å². The third kappa shape index (κ3) is 5.88. The van der Waals surface area contributed by atoms with E-state index in [1.54, 1.807) is 45.2 Å². The molecule has 1 aliphatic heterocycles. The Kier molecular flexibility index (Phi) is 7.58. The van der Waals surface area contributed by atoms with Gasteiger partial charge in [0.05, 0.1) is 26.4 Å². The fourth-order valence-corrected chi connectivity index (χ4v) is 3.54. The van der Waals surface area contributed by atoms with Crippen LogP contribution in [0.15, 0.2) is 48.5 Å². The molecule has 1 amide bonds. The van der Waals surface area contributed by atoms with Crippen molar-refractivity contribution < 1.29 is 19.0 Å². The Hall–Kier alpha value is -2.28. The summed E-state index contributed by atoms with van der Waals surface area (Å²) in [7, 11) is 1.65. The number of morpholine rings is 1.